The topological polar surface area (TPSA) is 110 Å². The molecule has 1 heterocycles. The number of nitrogens with one attached hydrogen (secondary N) is 2. The number of nitrogens with two attached hydrogens (primary N) is 1. The fourth-order valence-corrected chi connectivity index (χ4v) is 2.75. The summed E-state index contributed by atoms with van der Waals surface area (Å²) in [7, 11) is -3.78. The van der Waals surface area contributed by atoms with Crippen LogP contribution in [-0.2, 0) is 10.0 Å². The molecule has 0 radical (unpaired) electrons. The molecule has 0 saturated heterocycles. The predicted molar refractivity (Wildman–Crippen MR) is 74.8 cm³/mol. The number of anilines is 2. The largest absolute Gasteiger partial charge is 0.323 e. The van der Waals surface area contributed by atoms with E-state index in [2.05, 4.69) is 36.0 Å². The highest BCUT2D eigenvalue weighted by molar-refractivity contribution is 9.10. The number of hydrazine groups is 1. The smallest absolute Gasteiger partial charge is 0.265 e. The van der Waals surface area contributed by atoms with E-state index in [1.54, 1.807) is 18.2 Å². The van der Waals surface area contributed by atoms with Gasteiger partial charge in [-0.05, 0) is 28.1 Å². The molecule has 0 saturated carbocycles. The van der Waals surface area contributed by atoms with Crippen LogP contribution >= 0.6 is 15.9 Å². The Hall–Kier alpha value is -1.71. The minimum Gasteiger partial charge on any atom is -0.323 e. The Labute approximate surface area is 118 Å². The summed E-state index contributed by atoms with van der Waals surface area (Å²) in [5.74, 6) is 5.40. The minimum atomic E-state index is -3.78. The van der Waals surface area contributed by atoms with Crippen molar-refractivity contribution in [1.29, 1.82) is 0 Å². The maximum atomic E-state index is 12.2. The number of halogens is 1. The highest BCUT2D eigenvalue weighted by Gasteiger charge is 2.18. The molecule has 0 atom stereocenters. The first-order valence-electron chi connectivity index (χ1n) is 5.09. The van der Waals surface area contributed by atoms with Gasteiger partial charge in [0.25, 0.3) is 10.0 Å². The Balaban J connectivity index is 2.35. The molecular weight excluding hydrogens is 334 g/mol. The van der Waals surface area contributed by atoms with Crippen LogP contribution in [0.4, 0.5) is 11.5 Å². The van der Waals surface area contributed by atoms with Crippen LogP contribution in [0.1, 0.15) is 0 Å². The second-order valence-corrected chi connectivity index (χ2v) is 5.93. The van der Waals surface area contributed by atoms with Gasteiger partial charge in [-0.15, -0.1) is 0 Å². The van der Waals surface area contributed by atoms with Gasteiger partial charge in [0.2, 0.25) is 0 Å². The third-order valence-corrected chi connectivity index (χ3v) is 4.01. The van der Waals surface area contributed by atoms with E-state index >= 15 is 0 Å². The van der Waals surface area contributed by atoms with Gasteiger partial charge >= 0.3 is 0 Å². The second kappa shape index (κ2) is 5.51. The summed E-state index contributed by atoms with van der Waals surface area (Å²) in [6.45, 7) is 0. The summed E-state index contributed by atoms with van der Waals surface area (Å²) in [4.78, 5) is 7.81. The van der Waals surface area contributed by atoms with Gasteiger partial charge in [0.05, 0.1) is 18.1 Å². The van der Waals surface area contributed by atoms with E-state index < -0.39 is 10.0 Å². The predicted octanol–water partition coefficient (Wildman–Crippen LogP) is 1.33. The van der Waals surface area contributed by atoms with Crippen molar-refractivity contribution in [2.75, 3.05) is 10.1 Å². The van der Waals surface area contributed by atoms with Crippen molar-refractivity contribution < 1.29 is 8.42 Å². The summed E-state index contributed by atoms with van der Waals surface area (Å²) in [6.07, 6.45) is 2.70. The normalized spacial score (nSPS) is 11.1. The Morgan fingerprint density at radius 1 is 1.16 bits per heavy atom. The van der Waals surface area contributed by atoms with Crippen molar-refractivity contribution in [3.05, 3.63) is 41.3 Å². The maximum absolute atomic E-state index is 12.2. The molecule has 0 spiro atoms. The summed E-state index contributed by atoms with van der Waals surface area (Å²) in [6, 6.07) is 6.27. The Morgan fingerprint density at radius 3 is 2.53 bits per heavy atom. The fraction of sp³-hybridized carbons (Fsp3) is 0. The lowest BCUT2D eigenvalue weighted by Gasteiger charge is -2.10. The molecule has 0 aliphatic heterocycles. The number of rotatable bonds is 4. The summed E-state index contributed by atoms with van der Waals surface area (Å²) < 4.78 is 27.2. The van der Waals surface area contributed by atoms with Crippen molar-refractivity contribution in [2.24, 2.45) is 5.84 Å². The van der Waals surface area contributed by atoms with E-state index in [4.69, 9.17) is 5.84 Å². The zero-order valence-corrected chi connectivity index (χ0v) is 11.9. The standard InChI is InChI=1S/C10H10BrN5O2S/c11-9-5-14-10(6-13-9)16-19(17,18)8-4-2-1-3-7(8)15-12/h1-6,15H,12H2,(H,14,16). The third kappa shape index (κ3) is 3.19. The molecule has 4 N–H and O–H groups in total. The molecule has 0 bridgehead atoms. The summed E-state index contributed by atoms with van der Waals surface area (Å²) >= 11 is 3.12. The molecule has 0 amide bonds. The zero-order chi connectivity index (χ0) is 13.9. The molecule has 0 aliphatic rings. The summed E-state index contributed by atoms with van der Waals surface area (Å²) in [5, 5.41) is 0. The number of hydrogen-bond acceptors (Lipinski definition) is 6. The quantitative estimate of drug-likeness (QED) is 0.570. The van der Waals surface area contributed by atoms with Gasteiger partial charge in [0.1, 0.15) is 9.50 Å². The molecule has 1 aromatic heterocycles. The van der Waals surface area contributed by atoms with E-state index in [0.717, 1.165) is 0 Å². The number of hydrogen-bond donors (Lipinski definition) is 3. The molecule has 100 valence electrons. The van der Waals surface area contributed by atoms with Crippen molar-refractivity contribution in [3.63, 3.8) is 0 Å². The van der Waals surface area contributed by atoms with E-state index in [1.165, 1.54) is 18.5 Å². The molecule has 2 rings (SSSR count). The number of sulfonamides is 1. The number of para-hydroxylation sites is 1. The zero-order valence-electron chi connectivity index (χ0n) is 9.54. The van der Waals surface area contributed by atoms with E-state index in [-0.39, 0.29) is 10.7 Å². The lowest BCUT2D eigenvalue weighted by Crippen LogP contribution is -2.18. The Morgan fingerprint density at radius 2 is 1.89 bits per heavy atom. The highest BCUT2D eigenvalue weighted by atomic mass is 79.9. The van der Waals surface area contributed by atoms with Crippen molar-refractivity contribution in [2.45, 2.75) is 4.90 Å². The molecule has 0 aliphatic carbocycles. The minimum absolute atomic E-state index is 0.0298. The lowest BCUT2D eigenvalue weighted by atomic mass is 10.3. The molecule has 9 heteroatoms. The third-order valence-electron chi connectivity index (χ3n) is 2.19. The molecule has 0 unspecified atom stereocenters. The van der Waals surface area contributed by atoms with Gasteiger partial charge < -0.3 is 5.43 Å². The van der Waals surface area contributed by atoms with Crippen LogP contribution in [0.25, 0.3) is 0 Å². The molecule has 2 aromatic rings. The van der Waals surface area contributed by atoms with Crippen LogP contribution in [0.15, 0.2) is 46.2 Å². The maximum Gasteiger partial charge on any atom is 0.265 e. The average Bonchev–Trinajstić information content (AvgIpc) is 2.41. The molecule has 19 heavy (non-hydrogen) atoms. The van der Waals surface area contributed by atoms with Gasteiger partial charge in [-0.1, -0.05) is 12.1 Å². The van der Waals surface area contributed by atoms with Crippen LogP contribution < -0.4 is 16.0 Å². The number of aromatic nitrogens is 2. The van der Waals surface area contributed by atoms with Crippen LogP contribution in [0, 0.1) is 0 Å². The Kier molecular flexibility index (Phi) is 3.98. The van der Waals surface area contributed by atoms with Crippen LogP contribution in [0.3, 0.4) is 0 Å². The lowest BCUT2D eigenvalue weighted by molar-refractivity contribution is 0.601. The molecular formula is C10H10BrN5O2S. The summed E-state index contributed by atoms with van der Waals surface area (Å²) in [5.41, 5.74) is 2.63. The van der Waals surface area contributed by atoms with E-state index in [1.807, 2.05) is 0 Å². The van der Waals surface area contributed by atoms with Gasteiger partial charge in [0, 0.05) is 0 Å². The van der Waals surface area contributed by atoms with Gasteiger partial charge in [-0.2, -0.15) is 0 Å². The molecule has 0 fully saturated rings. The van der Waals surface area contributed by atoms with Gasteiger partial charge in [0.15, 0.2) is 5.82 Å². The second-order valence-electron chi connectivity index (χ2n) is 3.47. The van der Waals surface area contributed by atoms with Crippen molar-refractivity contribution in [1.82, 2.24) is 9.97 Å². The molecule has 1 aromatic carbocycles. The van der Waals surface area contributed by atoms with Gasteiger partial charge in [-0.25, -0.2) is 18.4 Å². The first-order chi connectivity index (χ1) is 9.03. The Bertz CT molecular complexity index is 675. The molecule has 7 nitrogen and oxygen atoms in total. The monoisotopic (exact) mass is 343 g/mol. The van der Waals surface area contributed by atoms with Crippen LogP contribution in [-0.4, -0.2) is 18.4 Å². The van der Waals surface area contributed by atoms with E-state index in [0.29, 0.717) is 10.3 Å². The average molecular weight is 344 g/mol. The number of nitrogen functional groups attached to an aromatic ring is 1. The first-order valence-corrected chi connectivity index (χ1v) is 7.36. The number of benzene rings is 1. The highest BCUT2D eigenvalue weighted by Crippen LogP contribution is 2.21. The van der Waals surface area contributed by atoms with Crippen LogP contribution in [0.2, 0.25) is 0 Å². The fourth-order valence-electron chi connectivity index (χ4n) is 1.38. The van der Waals surface area contributed by atoms with Crippen molar-refractivity contribution >= 4 is 37.5 Å². The van der Waals surface area contributed by atoms with Crippen molar-refractivity contribution in [3.8, 4) is 0 Å². The van der Waals surface area contributed by atoms with E-state index in [9.17, 15) is 8.42 Å². The number of nitrogens with zero attached hydrogens (tertiary/aromatic N) is 2. The SMILES string of the molecule is NNc1ccccc1S(=O)(=O)Nc1cnc(Br)cn1. The van der Waals surface area contributed by atoms with Crippen LogP contribution in [0.5, 0.6) is 0 Å². The first kappa shape index (κ1) is 13.7. The van der Waals surface area contributed by atoms with Gasteiger partial charge in [-0.3, -0.25) is 10.6 Å².